The van der Waals surface area contributed by atoms with Crippen LogP contribution in [0.25, 0.3) is 0 Å². The van der Waals surface area contributed by atoms with Crippen LogP contribution in [0.15, 0.2) is 84.0 Å². The average molecular weight is 403 g/mol. The molecule has 6 nitrogen and oxygen atoms in total. The molecule has 0 unspecified atom stereocenters. The number of hydrogen-bond donors (Lipinski definition) is 1. The van der Waals surface area contributed by atoms with Crippen molar-refractivity contribution in [3.8, 4) is 5.75 Å². The number of nitrogens with two attached hydrogens (primary N) is 1. The summed E-state index contributed by atoms with van der Waals surface area (Å²) in [6.45, 7) is 1.71. The Morgan fingerprint density at radius 2 is 1.67 bits per heavy atom. The van der Waals surface area contributed by atoms with Gasteiger partial charge in [-0.05, 0) is 53.5 Å². The van der Waals surface area contributed by atoms with Gasteiger partial charge in [-0.25, -0.2) is 0 Å². The van der Waals surface area contributed by atoms with Gasteiger partial charge in [0.15, 0.2) is 0 Å². The first-order chi connectivity index (χ1) is 14.7. The number of nitroso groups, excluding NO2 is 1. The average Bonchev–Trinajstić information content (AvgIpc) is 2.81. The smallest absolute Gasteiger partial charge is 0.257 e. The number of carbonyl (C=O) groups is 1. The molecule has 0 bridgehead atoms. The van der Waals surface area contributed by atoms with Gasteiger partial charge < -0.3 is 15.4 Å². The lowest BCUT2D eigenvalue weighted by atomic mass is 10.1. The Morgan fingerprint density at radius 3 is 2.43 bits per heavy atom. The molecule has 0 radical (unpaired) electrons. The van der Waals surface area contributed by atoms with Crippen LogP contribution in [0.3, 0.4) is 0 Å². The number of hydrogen-bond acceptors (Lipinski definition) is 5. The Hall–Kier alpha value is -3.51. The molecule has 0 spiro atoms. The summed E-state index contributed by atoms with van der Waals surface area (Å²) in [6.07, 6.45) is 0.671. The van der Waals surface area contributed by atoms with Crippen LogP contribution in [0.1, 0.15) is 27.9 Å². The van der Waals surface area contributed by atoms with Crippen molar-refractivity contribution in [2.24, 2.45) is 10.9 Å². The second kappa shape index (κ2) is 10.9. The molecule has 3 aromatic rings. The van der Waals surface area contributed by atoms with Gasteiger partial charge in [-0.1, -0.05) is 54.6 Å². The minimum absolute atomic E-state index is 0.142. The summed E-state index contributed by atoms with van der Waals surface area (Å²) in [4.78, 5) is 25.9. The number of benzene rings is 3. The molecule has 0 aliphatic heterocycles. The summed E-state index contributed by atoms with van der Waals surface area (Å²) >= 11 is 0. The maximum Gasteiger partial charge on any atom is 0.257 e. The van der Waals surface area contributed by atoms with E-state index < -0.39 is 0 Å². The van der Waals surface area contributed by atoms with Gasteiger partial charge in [-0.15, -0.1) is 4.91 Å². The van der Waals surface area contributed by atoms with Crippen LogP contribution in [0.5, 0.6) is 5.75 Å². The fourth-order valence-corrected chi connectivity index (χ4v) is 3.14. The third-order valence-electron chi connectivity index (χ3n) is 4.66. The molecule has 154 valence electrons. The molecule has 2 N–H and O–H groups in total. The summed E-state index contributed by atoms with van der Waals surface area (Å²) in [6, 6.07) is 24.0. The van der Waals surface area contributed by atoms with E-state index in [9.17, 15) is 9.70 Å². The van der Waals surface area contributed by atoms with Crippen LogP contribution >= 0.6 is 0 Å². The first-order valence-corrected chi connectivity index (χ1v) is 9.88. The Bertz CT molecular complexity index is 976. The van der Waals surface area contributed by atoms with Gasteiger partial charge in [-0.3, -0.25) is 4.79 Å². The van der Waals surface area contributed by atoms with E-state index in [1.54, 1.807) is 35.2 Å². The van der Waals surface area contributed by atoms with E-state index in [1.165, 1.54) is 0 Å². The van der Waals surface area contributed by atoms with Crippen molar-refractivity contribution in [3.05, 3.63) is 100 Å². The lowest BCUT2D eigenvalue weighted by molar-refractivity contribution is 0.0737. The monoisotopic (exact) mass is 403 g/mol. The molecule has 6 heteroatoms. The number of amides is 1. The van der Waals surface area contributed by atoms with Crippen molar-refractivity contribution < 1.29 is 9.53 Å². The zero-order valence-corrected chi connectivity index (χ0v) is 16.7. The zero-order chi connectivity index (χ0) is 21.2. The van der Waals surface area contributed by atoms with Gasteiger partial charge in [0.1, 0.15) is 18.0 Å². The standard InChI is InChI=1S/C24H25N3O3/c25-14-7-15-27(17-20-10-6-11-21(16-20)26-29)24(28)22-12-4-5-13-23(22)30-18-19-8-2-1-3-9-19/h1-6,8-13,16H,7,14-15,17-18,25H2. The predicted octanol–water partition coefficient (Wildman–Crippen LogP) is 4.65. The van der Waals surface area contributed by atoms with Crippen molar-refractivity contribution in [1.82, 2.24) is 4.90 Å². The van der Waals surface area contributed by atoms with Crippen molar-refractivity contribution in [2.45, 2.75) is 19.6 Å². The van der Waals surface area contributed by atoms with E-state index in [2.05, 4.69) is 5.18 Å². The van der Waals surface area contributed by atoms with Gasteiger partial charge in [-0.2, -0.15) is 0 Å². The van der Waals surface area contributed by atoms with E-state index in [0.29, 0.717) is 49.7 Å². The fraction of sp³-hybridized carbons (Fsp3) is 0.208. The number of nitrogens with zero attached hydrogens (tertiary/aromatic N) is 2. The van der Waals surface area contributed by atoms with E-state index in [4.69, 9.17) is 10.5 Å². The minimum atomic E-state index is -0.142. The summed E-state index contributed by atoms with van der Waals surface area (Å²) < 4.78 is 5.96. The molecule has 3 aromatic carbocycles. The Kier molecular flexibility index (Phi) is 7.69. The highest BCUT2D eigenvalue weighted by molar-refractivity contribution is 5.97. The Labute approximate surface area is 176 Å². The lowest BCUT2D eigenvalue weighted by Crippen LogP contribution is -2.32. The van der Waals surface area contributed by atoms with Crippen molar-refractivity contribution >= 4 is 11.6 Å². The van der Waals surface area contributed by atoms with Gasteiger partial charge in [0, 0.05) is 13.1 Å². The van der Waals surface area contributed by atoms with Crippen molar-refractivity contribution in [3.63, 3.8) is 0 Å². The molecule has 0 saturated carbocycles. The third-order valence-corrected chi connectivity index (χ3v) is 4.66. The summed E-state index contributed by atoms with van der Waals surface area (Å²) in [5.74, 6) is 0.393. The molecule has 1 amide bonds. The number of rotatable bonds is 10. The van der Waals surface area contributed by atoms with E-state index >= 15 is 0 Å². The second-order valence-corrected chi connectivity index (χ2v) is 6.90. The number of ether oxygens (including phenoxy) is 1. The van der Waals surface area contributed by atoms with Crippen LogP contribution in [0, 0.1) is 4.91 Å². The molecule has 0 aliphatic rings. The molecule has 0 atom stereocenters. The van der Waals surface area contributed by atoms with Crippen LogP contribution in [-0.4, -0.2) is 23.9 Å². The highest BCUT2D eigenvalue weighted by Gasteiger charge is 2.20. The van der Waals surface area contributed by atoms with E-state index in [1.807, 2.05) is 48.5 Å². The van der Waals surface area contributed by atoms with Gasteiger partial charge in [0.25, 0.3) is 5.91 Å². The zero-order valence-electron chi connectivity index (χ0n) is 16.7. The number of carbonyl (C=O) groups excluding carboxylic acids is 1. The van der Waals surface area contributed by atoms with Gasteiger partial charge >= 0.3 is 0 Å². The molecule has 0 saturated heterocycles. The predicted molar refractivity (Wildman–Crippen MR) is 118 cm³/mol. The highest BCUT2D eigenvalue weighted by Crippen LogP contribution is 2.23. The highest BCUT2D eigenvalue weighted by atomic mass is 16.5. The molecule has 30 heavy (non-hydrogen) atoms. The van der Waals surface area contributed by atoms with Crippen molar-refractivity contribution in [2.75, 3.05) is 13.1 Å². The molecule has 0 heterocycles. The minimum Gasteiger partial charge on any atom is -0.488 e. The molecular weight excluding hydrogens is 378 g/mol. The SMILES string of the molecule is NCCCN(Cc1cccc(N=O)c1)C(=O)c1ccccc1OCc1ccccc1. The summed E-state index contributed by atoms with van der Waals surface area (Å²) in [7, 11) is 0. The van der Waals surface area contributed by atoms with Gasteiger partial charge in [0.2, 0.25) is 0 Å². The van der Waals surface area contributed by atoms with Crippen molar-refractivity contribution in [1.29, 1.82) is 0 Å². The molecular formula is C24H25N3O3. The lowest BCUT2D eigenvalue weighted by Gasteiger charge is -2.24. The van der Waals surface area contributed by atoms with E-state index in [-0.39, 0.29) is 5.91 Å². The summed E-state index contributed by atoms with van der Waals surface area (Å²) in [5, 5.41) is 2.98. The molecule has 0 aromatic heterocycles. The Balaban J connectivity index is 1.80. The summed E-state index contributed by atoms with van der Waals surface area (Å²) in [5.41, 5.74) is 8.37. The maximum absolute atomic E-state index is 13.4. The van der Waals surface area contributed by atoms with Gasteiger partial charge in [0.05, 0.1) is 5.56 Å². The van der Waals surface area contributed by atoms with Crippen LogP contribution in [0.2, 0.25) is 0 Å². The molecule has 3 rings (SSSR count). The largest absolute Gasteiger partial charge is 0.488 e. The maximum atomic E-state index is 13.4. The third kappa shape index (κ3) is 5.75. The normalized spacial score (nSPS) is 10.4. The van der Waals surface area contributed by atoms with Crippen LogP contribution < -0.4 is 10.5 Å². The Morgan fingerprint density at radius 1 is 0.933 bits per heavy atom. The quantitative estimate of drug-likeness (QED) is 0.499. The second-order valence-electron chi connectivity index (χ2n) is 6.90. The molecule has 0 aliphatic carbocycles. The van der Waals surface area contributed by atoms with Crippen LogP contribution in [-0.2, 0) is 13.2 Å². The van der Waals surface area contributed by atoms with E-state index in [0.717, 1.165) is 11.1 Å². The number of para-hydroxylation sites is 1. The topological polar surface area (TPSA) is 85.0 Å². The first-order valence-electron chi connectivity index (χ1n) is 9.88. The van der Waals surface area contributed by atoms with Crippen LogP contribution in [0.4, 0.5) is 5.69 Å². The fourth-order valence-electron chi connectivity index (χ4n) is 3.14. The first kappa shape index (κ1) is 21.2. The molecule has 0 fully saturated rings.